The molecule has 1 atom stereocenters. The van der Waals surface area contributed by atoms with Crippen molar-refractivity contribution in [3.05, 3.63) is 22.4 Å². The Bertz CT molecular complexity index is 230. The highest BCUT2D eigenvalue weighted by atomic mass is 32.1. The second-order valence-corrected chi connectivity index (χ2v) is 2.97. The van der Waals surface area contributed by atoms with E-state index in [1.165, 1.54) is 11.3 Å². The molecule has 0 radical (unpaired) electrons. The van der Waals surface area contributed by atoms with E-state index in [2.05, 4.69) is 0 Å². The molecule has 60 valence electrons. The number of carboxylic acids is 1. The monoisotopic (exact) mass is 172 g/mol. The van der Waals surface area contributed by atoms with E-state index in [1.807, 2.05) is 10.8 Å². The number of aliphatic hydroxyl groups excluding tert-OH is 1. The lowest BCUT2D eigenvalue weighted by atomic mass is 10.1. The van der Waals surface area contributed by atoms with Crippen LogP contribution in [0.2, 0.25) is 0 Å². The highest BCUT2D eigenvalue weighted by Gasteiger charge is 2.13. The van der Waals surface area contributed by atoms with Crippen molar-refractivity contribution in [2.45, 2.75) is 12.5 Å². The number of aliphatic hydroxyl groups is 1. The van der Waals surface area contributed by atoms with Crippen LogP contribution in [0, 0.1) is 0 Å². The number of carbonyl (C=O) groups is 1. The van der Waals surface area contributed by atoms with E-state index in [0.29, 0.717) is 0 Å². The molecule has 0 aliphatic rings. The Morgan fingerprint density at radius 3 is 2.91 bits per heavy atom. The van der Waals surface area contributed by atoms with E-state index >= 15 is 0 Å². The highest BCUT2D eigenvalue weighted by molar-refractivity contribution is 7.07. The zero-order chi connectivity index (χ0) is 8.27. The van der Waals surface area contributed by atoms with Gasteiger partial charge in [-0.05, 0) is 22.4 Å². The molecule has 0 aliphatic heterocycles. The Morgan fingerprint density at radius 2 is 2.45 bits per heavy atom. The van der Waals surface area contributed by atoms with Crippen LogP contribution in [0.5, 0.6) is 0 Å². The zero-order valence-electron chi connectivity index (χ0n) is 5.73. The van der Waals surface area contributed by atoms with E-state index in [0.717, 1.165) is 5.56 Å². The predicted molar refractivity (Wildman–Crippen MR) is 41.7 cm³/mol. The third-order valence-electron chi connectivity index (χ3n) is 1.29. The Labute approximate surface area is 67.9 Å². The number of rotatable bonds is 3. The Balaban J connectivity index is 2.50. The van der Waals surface area contributed by atoms with Crippen LogP contribution in [0.4, 0.5) is 0 Å². The van der Waals surface area contributed by atoms with Crippen molar-refractivity contribution in [3.8, 4) is 0 Å². The first kappa shape index (κ1) is 8.23. The van der Waals surface area contributed by atoms with Gasteiger partial charge in [0.1, 0.15) is 0 Å². The van der Waals surface area contributed by atoms with Crippen molar-refractivity contribution in [2.75, 3.05) is 0 Å². The second-order valence-electron chi connectivity index (χ2n) is 2.19. The number of aliphatic carboxylic acids is 1. The molecule has 1 rings (SSSR count). The molecule has 1 heterocycles. The fourth-order valence-corrected chi connectivity index (χ4v) is 1.40. The first-order valence-electron chi connectivity index (χ1n) is 3.12. The van der Waals surface area contributed by atoms with Gasteiger partial charge in [0.2, 0.25) is 0 Å². The largest absolute Gasteiger partial charge is 0.479 e. The Kier molecular flexibility index (Phi) is 2.62. The van der Waals surface area contributed by atoms with Crippen LogP contribution in [0.25, 0.3) is 0 Å². The van der Waals surface area contributed by atoms with Gasteiger partial charge < -0.3 is 10.2 Å². The summed E-state index contributed by atoms with van der Waals surface area (Å²) in [7, 11) is 0. The maximum absolute atomic E-state index is 10.2. The zero-order valence-corrected chi connectivity index (χ0v) is 6.54. The molecule has 0 amide bonds. The molecule has 3 nitrogen and oxygen atoms in total. The van der Waals surface area contributed by atoms with Crippen molar-refractivity contribution in [3.63, 3.8) is 0 Å². The fourth-order valence-electron chi connectivity index (χ4n) is 0.719. The third-order valence-corrected chi connectivity index (χ3v) is 2.03. The molecule has 0 unspecified atom stereocenters. The molecule has 11 heavy (non-hydrogen) atoms. The highest BCUT2D eigenvalue weighted by Crippen LogP contribution is 2.08. The maximum atomic E-state index is 10.2. The minimum atomic E-state index is -1.27. The van der Waals surface area contributed by atoms with E-state index in [1.54, 1.807) is 6.07 Å². The summed E-state index contributed by atoms with van der Waals surface area (Å²) in [5.41, 5.74) is 0.866. The first-order chi connectivity index (χ1) is 5.20. The molecule has 4 heteroatoms. The van der Waals surface area contributed by atoms with Crippen molar-refractivity contribution in [2.24, 2.45) is 0 Å². The van der Waals surface area contributed by atoms with Crippen molar-refractivity contribution in [1.29, 1.82) is 0 Å². The number of carboxylic acid groups (broad SMARTS) is 1. The average Bonchev–Trinajstić information content (AvgIpc) is 2.39. The minimum Gasteiger partial charge on any atom is -0.479 e. The number of hydrogen-bond acceptors (Lipinski definition) is 3. The van der Waals surface area contributed by atoms with Gasteiger partial charge in [-0.3, -0.25) is 0 Å². The van der Waals surface area contributed by atoms with Crippen LogP contribution in [-0.4, -0.2) is 22.3 Å². The summed E-state index contributed by atoms with van der Waals surface area (Å²) in [6, 6.07) is 1.80. The lowest BCUT2D eigenvalue weighted by Gasteiger charge is -2.01. The van der Waals surface area contributed by atoms with Crippen LogP contribution >= 0.6 is 11.3 Å². The summed E-state index contributed by atoms with van der Waals surface area (Å²) in [5, 5.41) is 20.9. The van der Waals surface area contributed by atoms with Gasteiger partial charge in [-0.15, -0.1) is 0 Å². The first-order valence-corrected chi connectivity index (χ1v) is 4.06. The van der Waals surface area contributed by atoms with Gasteiger partial charge in [0, 0.05) is 6.42 Å². The van der Waals surface area contributed by atoms with Crippen LogP contribution in [-0.2, 0) is 11.2 Å². The smallest absolute Gasteiger partial charge is 0.332 e. The average molecular weight is 172 g/mol. The molecule has 0 aliphatic carbocycles. The molecule has 2 N–H and O–H groups in total. The molecule has 0 bridgehead atoms. The van der Waals surface area contributed by atoms with Crippen LogP contribution in [0.1, 0.15) is 5.56 Å². The molecular formula is C7H8O3S. The van der Waals surface area contributed by atoms with E-state index in [4.69, 9.17) is 10.2 Å². The molecular weight excluding hydrogens is 164 g/mol. The summed E-state index contributed by atoms with van der Waals surface area (Å²) < 4.78 is 0. The molecule has 0 aromatic carbocycles. The van der Waals surface area contributed by atoms with Gasteiger partial charge in [0.05, 0.1) is 0 Å². The van der Waals surface area contributed by atoms with Crippen LogP contribution < -0.4 is 0 Å². The standard InChI is InChI=1S/C7H8O3S/c8-6(7(9)10)3-5-1-2-11-4-5/h1-2,4,6,8H,3H2,(H,9,10)/t6-/m0/s1. The van der Waals surface area contributed by atoms with Gasteiger partial charge >= 0.3 is 5.97 Å². The van der Waals surface area contributed by atoms with Gasteiger partial charge in [-0.2, -0.15) is 11.3 Å². The molecule has 0 saturated heterocycles. The molecule has 0 fully saturated rings. The molecule has 0 saturated carbocycles. The van der Waals surface area contributed by atoms with Gasteiger partial charge in [-0.1, -0.05) is 0 Å². The van der Waals surface area contributed by atoms with Crippen molar-refractivity contribution in [1.82, 2.24) is 0 Å². The Morgan fingerprint density at radius 1 is 1.73 bits per heavy atom. The van der Waals surface area contributed by atoms with Gasteiger partial charge in [0.25, 0.3) is 0 Å². The molecule has 1 aromatic rings. The van der Waals surface area contributed by atoms with E-state index in [-0.39, 0.29) is 6.42 Å². The van der Waals surface area contributed by atoms with Gasteiger partial charge in [-0.25, -0.2) is 4.79 Å². The fraction of sp³-hybridized carbons (Fsp3) is 0.286. The summed E-state index contributed by atoms with van der Waals surface area (Å²) in [4.78, 5) is 10.2. The summed E-state index contributed by atoms with van der Waals surface area (Å²) in [6.45, 7) is 0. The van der Waals surface area contributed by atoms with Crippen LogP contribution in [0.15, 0.2) is 16.8 Å². The predicted octanol–water partition coefficient (Wildman–Crippen LogP) is 0.736. The molecule has 1 aromatic heterocycles. The quantitative estimate of drug-likeness (QED) is 0.706. The van der Waals surface area contributed by atoms with E-state index < -0.39 is 12.1 Å². The number of hydrogen-bond donors (Lipinski definition) is 2. The number of thiophene rings is 1. The van der Waals surface area contributed by atoms with Crippen LogP contribution in [0.3, 0.4) is 0 Å². The summed E-state index contributed by atoms with van der Waals surface area (Å²) >= 11 is 1.49. The Hall–Kier alpha value is -0.870. The third kappa shape index (κ3) is 2.32. The minimum absolute atomic E-state index is 0.193. The maximum Gasteiger partial charge on any atom is 0.332 e. The summed E-state index contributed by atoms with van der Waals surface area (Å²) in [5.74, 6) is -1.17. The molecule has 0 spiro atoms. The van der Waals surface area contributed by atoms with Crippen molar-refractivity contribution < 1.29 is 15.0 Å². The van der Waals surface area contributed by atoms with Crippen molar-refractivity contribution >= 4 is 17.3 Å². The van der Waals surface area contributed by atoms with Gasteiger partial charge in [0.15, 0.2) is 6.10 Å². The SMILES string of the molecule is O=C(O)[C@@H](O)Cc1ccsc1. The van der Waals surface area contributed by atoms with E-state index in [9.17, 15) is 4.79 Å². The normalized spacial score (nSPS) is 12.8. The topological polar surface area (TPSA) is 57.5 Å². The summed E-state index contributed by atoms with van der Waals surface area (Å²) in [6.07, 6.45) is -1.08. The lowest BCUT2D eigenvalue weighted by molar-refractivity contribution is -0.146. The lowest BCUT2D eigenvalue weighted by Crippen LogP contribution is -2.21. The second kappa shape index (κ2) is 3.50.